The van der Waals surface area contributed by atoms with Gasteiger partial charge in [0.2, 0.25) is 0 Å². The zero-order valence-corrected chi connectivity index (χ0v) is 18.4. The number of Topliss-reactive ketones (excluding diaryl/α,β-unsaturated/α-hetero) is 1. The molecule has 0 spiro atoms. The second kappa shape index (κ2) is 8.35. The van der Waals surface area contributed by atoms with E-state index in [2.05, 4.69) is 29.6 Å². The maximum Gasteiger partial charge on any atom is 0.407 e. The van der Waals surface area contributed by atoms with E-state index in [1.165, 1.54) is 6.07 Å². The molecule has 0 aliphatic heterocycles. The molecule has 0 heterocycles. The van der Waals surface area contributed by atoms with Gasteiger partial charge in [0, 0.05) is 29.6 Å². The van der Waals surface area contributed by atoms with Gasteiger partial charge in [-0.2, -0.15) is 0 Å². The highest BCUT2D eigenvalue weighted by Crippen LogP contribution is 2.44. The number of nitrogen functional groups attached to an aromatic ring is 1. The van der Waals surface area contributed by atoms with Gasteiger partial charge in [-0.1, -0.05) is 48.5 Å². The van der Waals surface area contributed by atoms with Crippen molar-refractivity contribution in [2.45, 2.75) is 25.7 Å². The lowest BCUT2D eigenvalue weighted by Gasteiger charge is -2.26. The monoisotopic (exact) mass is 444 g/mol. The number of anilines is 1. The minimum absolute atomic E-state index is 0.0241. The standard InChI is InChI=1S/C27H25FN2O3/c1-15-17-11-10-16(26(31)25(17)24(29)12-23(15)28)13-30-27(32)33-14-22-20-8-4-2-6-18(20)19-7-3-5-9-21(19)22/h2-9,12,16,22H,10-11,13-14,29H2,1H3,(H,30,32). The first-order chi connectivity index (χ1) is 16.0. The number of hydrogen-bond acceptors (Lipinski definition) is 4. The third-order valence-electron chi connectivity index (χ3n) is 6.88. The summed E-state index contributed by atoms with van der Waals surface area (Å²) in [6.07, 6.45) is 0.518. The lowest BCUT2D eigenvalue weighted by Crippen LogP contribution is -2.36. The Morgan fingerprint density at radius 1 is 1.12 bits per heavy atom. The van der Waals surface area contributed by atoms with Crippen LogP contribution in [0.3, 0.4) is 0 Å². The molecule has 2 aliphatic carbocycles. The Labute approximate surface area is 191 Å². The van der Waals surface area contributed by atoms with Crippen LogP contribution in [0.25, 0.3) is 11.1 Å². The molecule has 0 aromatic heterocycles. The number of alkyl carbamates (subject to hydrolysis) is 1. The van der Waals surface area contributed by atoms with Crippen LogP contribution in [-0.4, -0.2) is 25.0 Å². The van der Waals surface area contributed by atoms with Crippen LogP contribution in [0, 0.1) is 18.7 Å². The highest BCUT2D eigenvalue weighted by atomic mass is 19.1. The SMILES string of the molecule is Cc1c(F)cc(N)c2c1CCC(CNC(=O)OCC1c3ccccc3-c3ccccc31)C2=O. The Morgan fingerprint density at radius 2 is 1.76 bits per heavy atom. The Bertz CT molecular complexity index is 1220. The lowest BCUT2D eigenvalue weighted by atomic mass is 9.80. The molecule has 0 saturated carbocycles. The number of rotatable bonds is 4. The molecule has 168 valence electrons. The Balaban J connectivity index is 1.23. The van der Waals surface area contributed by atoms with Crippen LogP contribution in [0.2, 0.25) is 0 Å². The summed E-state index contributed by atoms with van der Waals surface area (Å²) in [5.74, 6) is -0.987. The molecule has 0 radical (unpaired) electrons. The fourth-order valence-corrected chi connectivity index (χ4v) is 5.13. The van der Waals surface area contributed by atoms with Crippen molar-refractivity contribution in [3.63, 3.8) is 0 Å². The number of benzene rings is 3. The van der Waals surface area contributed by atoms with Gasteiger partial charge in [-0.3, -0.25) is 4.79 Å². The summed E-state index contributed by atoms with van der Waals surface area (Å²) in [5, 5.41) is 2.73. The van der Waals surface area contributed by atoms with Gasteiger partial charge in [0.05, 0.1) is 0 Å². The quantitative estimate of drug-likeness (QED) is 0.555. The largest absolute Gasteiger partial charge is 0.449 e. The van der Waals surface area contributed by atoms with E-state index >= 15 is 0 Å². The molecule has 6 heteroatoms. The molecule has 1 amide bonds. The molecule has 5 rings (SSSR count). The van der Waals surface area contributed by atoms with Crippen LogP contribution >= 0.6 is 0 Å². The van der Waals surface area contributed by atoms with E-state index in [9.17, 15) is 14.0 Å². The first-order valence-corrected chi connectivity index (χ1v) is 11.2. The Hall–Kier alpha value is -3.67. The van der Waals surface area contributed by atoms with Crippen molar-refractivity contribution < 1.29 is 18.7 Å². The van der Waals surface area contributed by atoms with Crippen LogP contribution < -0.4 is 11.1 Å². The molecule has 1 atom stereocenters. The Morgan fingerprint density at radius 3 is 2.42 bits per heavy atom. The van der Waals surface area contributed by atoms with Crippen molar-refractivity contribution in [2.75, 3.05) is 18.9 Å². The number of ether oxygens (including phenoxy) is 1. The smallest absolute Gasteiger partial charge is 0.407 e. The second-order valence-electron chi connectivity index (χ2n) is 8.73. The maximum atomic E-state index is 14.0. The van der Waals surface area contributed by atoms with Crippen LogP contribution in [0.5, 0.6) is 0 Å². The van der Waals surface area contributed by atoms with Crippen molar-refractivity contribution in [1.29, 1.82) is 0 Å². The van der Waals surface area contributed by atoms with E-state index in [0.29, 0.717) is 29.5 Å². The van der Waals surface area contributed by atoms with E-state index in [1.807, 2.05) is 24.3 Å². The van der Waals surface area contributed by atoms with Gasteiger partial charge in [-0.05, 0) is 59.2 Å². The summed E-state index contributed by atoms with van der Waals surface area (Å²) in [6.45, 7) is 2.04. The van der Waals surface area contributed by atoms with E-state index in [-0.39, 0.29) is 30.5 Å². The van der Waals surface area contributed by atoms with Crippen LogP contribution in [0.1, 0.15) is 45.0 Å². The molecule has 5 nitrogen and oxygen atoms in total. The molecular weight excluding hydrogens is 419 g/mol. The van der Waals surface area contributed by atoms with E-state index in [4.69, 9.17) is 10.5 Å². The molecule has 33 heavy (non-hydrogen) atoms. The number of hydrogen-bond donors (Lipinski definition) is 2. The molecule has 3 aromatic rings. The molecule has 3 N–H and O–H groups in total. The van der Waals surface area contributed by atoms with Gasteiger partial charge >= 0.3 is 6.09 Å². The molecule has 0 fully saturated rings. The maximum absolute atomic E-state index is 14.0. The van der Waals surface area contributed by atoms with E-state index in [0.717, 1.165) is 22.3 Å². The highest BCUT2D eigenvalue weighted by molar-refractivity contribution is 6.05. The lowest BCUT2D eigenvalue weighted by molar-refractivity contribution is 0.0897. The second-order valence-corrected chi connectivity index (χ2v) is 8.73. The summed E-state index contributed by atoms with van der Waals surface area (Å²) in [7, 11) is 0. The fraction of sp³-hybridized carbons (Fsp3) is 0.259. The van der Waals surface area contributed by atoms with Crippen molar-refractivity contribution in [3.8, 4) is 11.1 Å². The number of carbonyl (C=O) groups excluding carboxylic acids is 2. The van der Waals surface area contributed by atoms with Gasteiger partial charge in [0.15, 0.2) is 5.78 Å². The number of carbonyl (C=O) groups is 2. The van der Waals surface area contributed by atoms with Crippen LogP contribution in [0.15, 0.2) is 54.6 Å². The summed E-state index contributed by atoms with van der Waals surface area (Å²) in [6, 6.07) is 17.5. The van der Waals surface area contributed by atoms with Gasteiger partial charge in [0.25, 0.3) is 0 Å². The molecule has 0 saturated heterocycles. The zero-order chi connectivity index (χ0) is 23.1. The average Bonchev–Trinajstić information content (AvgIpc) is 3.14. The normalized spacial score (nSPS) is 16.7. The number of nitrogens with two attached hydrogens (primary N) is 1. The van der Waals surface area contributed by atoms with Gasteiger partial charge < -0.3 is 15.8 Å². The molecular formula is C27H25FN2O3. The molecule has 0 bridgehead atoms. The summed E-state index contributed by atoms with van der Waals surface area (Å²) in [4.78, 5) is 25.4. The number of ketones is 1. The van der Waals surface area contributed by atoms with Crippen LogP contribution in [-0.2, 0) is 11.2 Å². The highest BCUT2D eigenvalue weighted by Gasteiger charge is 2.32. The third-order valence-corrected chi connectivity index (χ3v) is 6.88. The fourth-order valence-electron chi connectivity index (χ4n) is 5.13. The molecule has 3 aromatic carbocycles. The summed E-state index contributed by atoms with van der Waals surface area (Å²) in [5.41, 5.74) is 12.2. The van der Waals surface area contributed by atoms with Gasteiger partial charge in [0.1, 0.15) is 12.4 Å². The zero-order valence-electron chi connectivity index (χ0n) is 18.4. The molecule has 1 unspecified atom stereocenters. The minimum atomic E-state index is -0.557. The van der Waals surface area contributed by atoms with Crippen molar-refractivity contribution in [2.24, 2.45) is 5.92 Å². The van der Waals surface area contributed by atoms with Crippen molar-refractivity contribution in [1.82, 2.24) is 5.32 Å². The topological polar surface area (TPSA) is 81.4 Å². The van der Waals surface area contributed by atoms with Gasteiger partial charge in [-0.25, -0.2) is 9.18 Å². The van der Waals surface area contributed by atoms with Crippen molar-refractivity contribution in [3.05, 3.63) is 88.2 Å². The number of fused-ring (bicyclic) bond motifs is 4. The predicted octanol–water partition coefficient (Wildman–Crippen LogP) is 5.00. The number of halogens is 1. The van der Waals surface area contributed by atoms with E-state index < -0.39 is 17.8 Å². The Kier molecular flexibility index (Phi) is 5.36. The first kappa shape index (κ1) is 21.2. The van der Waals surface area contributed by atoms with Gasteiger partial charge in [-0.15, -0.1) is 0 Å². The third kappa shape index (κ3) is 3.65. The predicted molar refractivity (Wildman–Crippen MR) is 125 cm³/mol. The van der Waals surface area contributed by atoms with E-state index in [1.54, 1.807) is 6.92 Å². The van der Waals surface area contributed by atoms with Crippen molar-refractivity contribution >= 4 is 17.6 Å². The summed E-state index contributed by atoms with van der Waals surface area (Å²) < 4.78 is 19.5. The average molecular weight is 445 g/mol. The minimum Gasteiger partial charge on any atom is -0.449 e. The van der Waals surface area contributed by atoms with Crippen LogP contribution in [0.4, 0.5) is 14.9 Å². The summed E-state index contributed by atoms with van der Waals surface area (Å²) >= 11 is 0. The first-order valence-electron chi connectivity index (χ1n) is 11.2. The number of nitrogens with one attached hydrogen (secondary N) is 1. The number of amides is 1. The molecule has 2 aliphatic rings.